The van der Waals surface area contributed by atoms with Crippen LogP contribution in [0.1, 0.15) is 45.8 Å². The summed E-state index contributed by atoms with van der Waals surface area (Å²) in [5.74, 6) is 2.08. The molecule has 2 aromatic carbocycles. The van der Waals surface area contributed by atoms with Crippen LogP contribution >= 0.6 is 0 Å². The van der Waals surface area contributed by atoms with Crippen molar-refractivity contribution in [1.82, 2.24) is 9.80 Å². The fraction of sp³-hybridized carbons (Fsp3) is 0.480. The van der Waals surface area contributed by atoms with E-state index >= 15 is 0 Å². The average molecular weight is 391 g/mol. The number of methoxy groups -OCH3 is 1. The van der Waals surface area contributed by atoms with Crippen LogP contribution in [0.3, 0.4) is 0 Å². The summed E-state index contributed by atoms with van der Waals surface area (Å²) in [6.45, 7) is 7.34. The zero-order chi connectivity index (χ0) is 20.1. The predicted octanol–water partition coefficient (Wildman–Crippen LogP) is 4.01. The molecule has 4 heterocycles. The van der Waals surface area contributed by atoms with Gasteiger partial charge in [-0.25, -0.2) is 0 Å². The van der Waals surface area contributed by atoms with Crippen LogP contribution < -0.4 is 4.74 Å². The Morgan fingerprint density at radius 3 is 2.34 bits per heavy atom. The molecule has 152 valence electrons. The van der Waals surface area contributed by atoms with Crippen molar-refractivity contribution < 1.29 is 9.53 Å². The molecule has 1 amide bonds. The van der Waals surface area contributed by atoms with E-state index in [2.05, 4.69) is 60.0 Å². The quantitative estimate of drug-likeness (QED) is 0.794. The third-order valence-electron chi connectivity index (χ3n) is 7.55. The van der Waals surface area contributed by atoms with Gasteiger partial charge in [-0.05, 0) is 86.7 Å². The van der Waals surface area contributed by atoms with Crippen molar-refractivity contribution in [2.45, 2.75) is 44.7 Å². The van der Waals surface area contributed by atoms with Crippen molar-refractivity contribution in [2.75, 3.05) is 26.7 Å². The highest BCUT2D eigenvalue weighted by Crippen LogP contribution is 2.47. The molecule has 4 nitrogen and oxygen atoms in total. The molecule has 0 saturated carbocycles. The Balaban J connectivity index is 1.50. The minimum atomic E-state index is 0.202. The SMILES string of the molecule is COc1ccc([C@@H]2CN(C(=O)c3ccc(C)c(C)c3)[C@@H]3C4CCN(CC4)[C@@H]32)cc1. The third kappa shape index (κ3) is 3.05. The lowest BCUT2D eigenvalue weighted by Gasteiger charge is -2.51. The minimum absolute atomic E-state index is 0.202. The molecule has 6 rings (SSSR count). The molecular formula is C25H30N2O2. The summed E-state index contributed by atoms with van der Waals surface area (Å²) < 4.78 is 5.35. The van der Waals surface area contributed by atoms with Crippen LogP contribution in [0.15, 0.2) is 42.5 Å². The lowest BCUT2D eigenvalue weighted by molar-refractivity contribution is -0.00341. The smallest absolute Gasteiger partial charge is 0.254 e. The van der Waals surface area contributed by atoms with Crippen molar-refractivity contribution in [2.24, 2.45) is 5.92 Å². The molecule has 0 spiro atoms. The molecule has 4 aliphatic rings. The fourth-order valence-electron chi connectivity index (χ4n) is 5.84. The number of ether oxygens (including phenoxy) is 1. The van der Waals surface area contributed by atoms with Gasteiger partial charge in [-0.15, -0.1) is 0 Å². The first-order chi connectivity index (χ1) is 14.1. The molecule has 4 aliphatic heterocycles. The van der Waals surface area contributed by atoms with E-state index in [9.17, 15) is 4.79 Å². The second-order valence-electron chi connectivity index (χ2n) is 8.99. The number of likely N-dealkylation sites (tertiary alicyclic amines) is 1. The van der Waals surface area contributed by atoms with Gasteiger partial charge in [0.2, 0.25) is 0 Å². The van der Waals surface area contributed by atoms with Crippen LogP contribution in [-0.2, 0) is 0 Å². The third-order valence-corrected chi connectivity index (χ3v) is 7.55. The van der Waals surface area contributed by atoms with Gasteiger partial charge in [0.15, 0.2) is 0 Å². The number of carbonyl (C=O) groups excluding carboxylic acids is 1. The van der Waals surface area contributed by atoms with E-state index in [0.29, 0.717) is 23.9 Å². The first kappa shape index (κ1) is 18.7. The number of nitrogens with zero attached hydrogens (tertiary/aromatic N) is 2. The van der Waals surface area contributed by atoms with Gasteiger partial charge in [0.05, 0.1) is 13.2 Å². The Morgan fingerprint density at radius 2 is 1.69 bits per heavy atom. The number of benzene rings is 2. The van der Waals surface area contributed by atoms with Gasteiger partial charge in [-0.1, -0.05) is 18.2 Å². The van der Waals surface area contributed by atoms with Gasteiger partial charge in [0.25, 0.3) is 5.91 Å². The zero-order valence-electron chi connectivity index (χ0n) is 17.6. The average Bonchev–Trinajstić information content (AvgIpc) is 3.19. The van der Waals surface area contributed by atoms with Gasteiger partial charge >= 0.3 is 0 Å². The predicted molar refractivity (Wildman–Crippen MR) is 115 cm³/mol. The van der Waals surface area contributed by atoms with E-state index in [1.807, 2.05) is 6.07 Å². The van der Waals surface area contributed by atoms with Crippen LogP contribution in [0.2, 0.25) is 0 Å². The van der Waals surface area contributed by atoms with Gasteiger partial charge in [-0.3, -0.25) is 9.69 Å². The number of fused-ring (bicyclic) bond motifs is 2. The summed E-state index contributed by atoms with van der Waals surface area (Å²) in [5, 5.41) is 0. The van der Waals surface area contributed by atoms with Crippen molar-refractivity contribution in [1.29, 1.82) is 0 Å². The molecule has 0 aliphatic carbocycles. The normalized spacial score (nSPS) is 30.3. The molecule has 4 fully saturated rings. The number of hydrogen-bond donors (Lipinski definition) is 0. The number of aryl methyl sites for hydroxylation is 2. The molecule has 2 bridgehead atoms. The van der Waals surface area contributed by atoms with E-state index in [1.54, 1.807) is 7.11 Å². The summed E-state index contributed by atoms with van der Waals surface area (Å²) in [5.41, 5.74) is 4.58. The van der Waals surface area contributed by atoms with Crippen LogP contribution in [0.4, 0.5) is 0 Å². The lowest BCUT2D eigenvalue weighted by Crippen LogP contribution is -2.60. The molecule has 29 heavy (non-hydrogen) atoms. The minimum Gasteiger partial charge on any atom is -0.497 e. The van der Waals surface area contributed by atoms with Crippen molar-refractivity contribution in [3.63, 3.8) is 0 Å². The summed E-state index contributed by atoms with van der Waals surface area (Å²) in [6.07, 6.45) is 2.43. The number of amides is 1. The molecule has 0 aromatic heterocycles. The van der Waals surface area contributed by atoms with Crippen LogP contribution in [0, 0.1) is 19.8 Å². The maximum absolute atomic E-state index is 13.6. The Morgan fingerprint density at radius 1 is 0.966 bits per heavy atom. The van der Waals surface area contributed by atoms with Crippen molar-refractivity contribution >= 4 is 5.91 Å². The first-order valence-corrected chi connectivity index (χ1v) is 10.8. The maximum atomic E-state index is 13.6. The summed E-state index contributed by atoms with van der Waals surface area (Å²) >= 11 is 0. The Hall–Kier alpha value is -2.33. The van der Waals surface area contributed by atoms with E-state index in [1.165, 1.54) is 42.6 Å². The van der Waals surface area contributed by atoms with Crippen molar-refractivity contribution in [3.05, 3.63) is 64.7 Å². The highest BCUT2D eigenvalue weighted by atomic mass is 16.5. The van der Waals surface area contributed by atoms with Gasteiger partial charge < -0.3 is 9.64 Å². The molecule has 0 N–H and O–H groups in total. The Kier molecular flexibility index (Phi) is 4.62. The van der Waals surface area contributed by atoms with Crippen LogP contribution in [-0.4, -0.2) is 54.5 Å². The van der Waals surface area contributed by atoms with E-state index in [-0.39, 0.29) is 5.91 Å². The Bertz CT molecular complexity index is 915. The van der Waals surface area contributed by atoms with Crippen LogP contribution in [0.25, 0.3) is 0 Å². The zero-order valence-corrected chi connectivity index (χ0v) is 17.6. The second kappa shape index (κ2) is 7.17. The monoisotopic (exact) mass is 390 g/mol. The molecule has 4 heteroatoms. The number of carbonyl (C=O) groups is 1. The van der Waals surface area contributed by atoms with Crippen molar-refractivity contribution in [3.8, 4) is 5.75 Å². The highest BCUT2D eigenvalue weighted by Gasteiger charge is 2.54. The molecule has 0 radical (unpaired) electrons. The van der Waals surface area contributed by atoms with Gasteiger partial charge in [-0.2, -0.15) is 0 Å². The van der Waals surface area contributed by atoms with E-state index in [4.69, 9.17) is 4.74 Å². The van der Waals surface area contributed by atoms with E-state index < -0.39 is 0 Å². The standard InChI is InChI=1S/C25H30N2O2/c1-16-4-5-20(14-17(16)2)25(28)27-15-22(18-6-8-21(29-3)9-7-18)24-23(27)19-10-12-26(24)13-11-19/h4-9,14,19,22-24H,10-13,15H2,1-3H3/t22-,23+,24+/m0/s1. The number of hydrogen-bond acceptors (Lipinski definition) is 3. The molecule has 0 unspecified atom stereocenters. The topological polar surface area (TPSA) is 32.8 Å². The summed E-state index contributed by atoms with van der Waals surface area (Å²) in [7, 11) is 1.70. The maximum Gasteiger partial charge on any atom is 0.254 e. The second-order valence-corrected chi connectivity index (χ2v) is 8.99. The lowest BCUT2D eigenvalue weighted by atomic mass is 9.75. The largest absolute Gasteiger partial charge is 0.497 e. The summed E-state index contributed by atoms with van der Waals surface area (Å²) in [4.78, 5) is 18.5. The molecular weight excluding hydrogens is 360 g/mol. The molecule has 2 aromatic rings. The molecule has 3 atom stereocenters. The van der Waals surface area contributed by atoms with E-state index in [0.717, 1.165) is 17.9 Å². The van der Waals surface area contributed by atoms with Crippen LogP contribution in [0.5, 0.6) is 5.75 Å². The highest BCUT2D eigenvalue weighted by molar-refractivity contribution is 5.95. The van der Waals surface area contributed by atoms with Gasteiger partial charge in [0, 0.05) is 24.1 Å². The first-order valence-electron chi connectivity index (χ1n) is 10.8. The number of rotatable bonds is 3. The summed E-state index contributed by atoms with van der Waals surface area (Å²) in [6, 6.07) is 15.4. The Labute approximate surface area is 173 Å². The fourth-order valence-corrected chi connectivity index (χ4v) is 5.84. The number of piperidine rings is 3. The molecule has 4 saturated heterocycles. The van der Waals surface area contributed by atoms with Gasteiger partial charge in [0.1, 0.15) is 5.75 Å².